The molecular weight excluding hydrogens is 809 g/mol. The summed E-state index contributed by atoms with van der Waals surface area (Å²) in [5.41, 5.74) is 8.09. The molecule has 14 heteroatoms. The first-order chi connectivity index (χ1) is 27.6. The molecule has 0 spiro atoms. The fourth-order valence-corrected chi connectivity index (χ4v) is 11.1. The van der Waals surface area contributed by atoms with Crippen molar-refractivity contribution in [3.05, 3.63) is 135 Å². The van der Waals surface area contributed by atoms with Gasteiger partial charge in [-0.1, -0.05) is 81.3 Å². The van der Waals surface area contributed by atoms with E-state index in [-0.39, 0.29) is 14.7 Å². The van der Waals surface area contributed by atoms with Gasteiger partial charge in [-0.25, -0.2) is 0 Å². The van der Waals surface area contributed by atoms with E-state index >= 15 is 0 Å². The Morgan fingerprint density at radius 3 is 1.22 bits per heavy atom. The van der Waals surface area contributed by atoms with Crippen LogP contribution in [-0.4, -0.2) is 52.0 Å². The molecule has 316 valence electrons. The monoisotopic (exact) mass is 862 g/mol. The smallest absolute Gasteiger partial charge is 0.295 e. The zero-order valence-corrected chi connectivity index (χ0v) is 37.3. The quantitative estimate of drug-likeness (QED) is 0.0637. The zero-order chi connectivity index (χ0) is 43.6. The van der Waals surface area contributed by atoms with Crippen molar-refractivity contribution >= 4 is 53.1 Å². The van der Waals surface area contributed by atoms with Crippen LogP contribution < -0.4 is 9.80 Å². The van der Waals surface area contributed by atoms with Gasteiger partial charge in [0.25, 0.3) is 30.4 Å². The molecule has 0 aromatic heterocycles. The minimum absolute atomic E-state index is 0.124. The average Bonchev–Trinajstić information content (AvgIpc) is 3.13. The number of hydrogen-bond donors (Lipinski definition) is 3. The van der Waals surface area contributed by atoms with Crippen LogP contribution in [0.15, 0.2) is 99.6 Å². The molecule has 5 aromatic rings. The van der Waals surface area contributed by atoms with Gasteiger partial charge in [-0.05, 0) is 135 Å². The maximum atomic E-state index is 12.8. The van der Waals surface area contributed by atoms with Crippen LogP contribution in [0.4, 0.5) is 22.7 Å². The van der Waals surface area contributed by atoms with Crippen molar-refractivity contribution < 1.29 is 38.9 Å². The minimum Gasteiger partial charge on any atom is -0.341 e. The lowest BCUT2D eigenvalue weighted by Gasteiger charge is -2.31. The lowest BCUT2D eigenvalue weighted by Crippen LogP contribution is -2.22. The molecule has 0 saturated heterocycles. The molecule has 0 aliphatic rings. The molecule has 0 saturated carbocycles. The van der Waals surface area contributed by atoms with Crippen LogP contribution in [0, 0.1) is 41.5 Å². The predicted molar refractivity (Wildman–Crippen MR) is 235 cm³/mol. The van der Waals surface area contributed by atoms with Gasteiger partial charge in [0.1, 0.15) is 9.79 Å². The highest BCUT2D eigenvalue weighted by Crippen LogP contribution is 2.42. The molecule has 11 nitrogen and oxygen atoms in total. The van der Waals surface area contributed by atoms with Crippen molar-refractivity contribution in [3.63, 3.8) is 0 Å². The van der Waals surface area contributed by atoms with E-state index in [2.05, 4.69) is 13.8 Å². The first kappa shape index (κ1) is 45.5. The molecule has 0 unspecified atom stereocenters. The summed E-state index contributed by atoms with van der Waals surface area (Å²) >= 11 is 0. The number of rotatable bonds is 16. The Labute approximate surface area is 350 Å². The fraction of sp³-hybridized carbons (Fsp3) is 0.333. The highest BCUT2D eigenvalue weighted by molar-refractivity contribution is 7.86. The normalized spacial score (nSPS) is 12.3. The lowest BCUT2D eigenvalue weighted by atomic mass is 9.85. The lowest BCUT2D eigenvalue weighted by molar-refractivity contribution is 0.479. The Balaban J connectivity index is 1.68. The van der Waals surface area contributed by atoms with E-state index < -0.39 is 36.3 Å². The summed E-state index contributed by atoms with van der Waals surface area (Å²) in [6.45, 7) is 15.7. The molecule has 0 heterocycles. The maximum Gasteiger partial charge on any atom is 0.295 e. The van der Waals surface area contributed by atoms with Crippen LogP contribution in [-0.2, 0) is 30.4 Å². The molecule has 3 N–H and O–H groups in total. The third kappa shape index (κ3) is 9.74. The highest BCUT2D eigenvalue weighted by Gasteiger charge is 2.28. The highest BCUT2D eigenvalue weighted by atomic mass is 32.2. The van der Waals surface area contributed by atoms with Crippen molar-refractivity contribution in [2.75, 3.05) is 22.9 Å². The van der Waals surface area contributed by atoms with Crippen LogP contribution in [0.3, 0.4) is 0 Å². The molecule has 0 bridgehead atoms. The van der Waals surface area contributed by atoms with E-state index in [1.54, 1.807) is 58.0 Å². The predicted octanol–water partition coefficient (Wildman–Crippen LogP) is 10.3. The van der Waals surface area contributed by atoms with Crippen molar-refractivity contribution in [1.29, 1.82) is 0 Å². The second kappa shape index (κ2) is 18.0. The topological polar surface area (TPSA) is 170 Å². The van der Waals surface area contributed by atoms with Gasteiger partial charge in [0.2, 0.25) is 0 Å². The Kier molecular flexibility index (Phi) is 13.9. The average molecular weight is 863 g/mol. The van der Waals surface area contributed by atoms with Crippen molar-refractivity contribution in [3.8, 4) is 0 Å². The molecular formula is C45H54N2O9S3. The van der Waals surface area contributed by atoms with Crippen molar-refractivity contribution in [2.24, 2.45) is 0 Å². The molecule has 5 rings (SSSR count). The van der Waals surface area contributed by atoms with Gasteiger partial charge in [0, 0.05) is 41.8 Å². The summed E-state index contributed by atoms with van der Waals surface area (Å²) in [4.78, 5) is 3.59. The van der Waals surface area contributed by atoms with Crippen LogP contribution in [0.1, 0.15) is 95.5 Å². The molecule has 0 fully saturated rings. The summed E-state index contributed by atoms with van der Waals surface area (Å²) in [7, 11) is -13.7. The number of benzene rings is 5. The summed E-state index contributed by atoms with van der Waals surface area (Å²) in [6, 6.07) is 25.0. The maximum absolute atomic E-state index is 12.8. The summed E-state index contributed by atoms with van der Waals surface area (Å²) < 4.78 is 106. The number of anilines is 4. The van der Waals surface area contributed by atoms with E-state index in [4.69, 9.17) is 0 Å². The SMILES string of the molecule is CCCCN(c1ccc(C(c2ccc(N(CCCC)c3c(C)cc(C)c(S(=O)(=O)O)c3C)cc2)c2ccccc2S(=O)(=O)O)cc1)c1c(C)cc(C)c(S(=O)(=O)O)c1C. The van der Waals surface area contributed by atoms with Crippen molar-refractivity contribution in [2.45, 2.75) is 102 Å². The molecule has 5 aromatic carbocycles. The zero-order valence-electron chi connectivity index (χ0n) is 34.8. The Bertz CT molecular complexity index is 2530. The molecule has 0 aliphatic heterocycles. The van der Waals surface area contributed by atoms with Gasteiger partial charge in [0.05, 0.1) is 4.90 Å². The molecule has 59 heavy (non-hydrogen) atoms. The summed E-state index contributed by atoms with van der Waals surface area (Å²) in [6.07, 6.45) is 3.32. The number of aryl methyl sites for hydroxylation is 4. The van der Waals surface area contributed by atoms with Gasteiger partial charge in [-0.3, -0.25) is 13.7 Å². The van der Waals surface area contributed by atoms with E-state index in [1.165, 1.54) is 6.07 Å². The van der Waals surface area contributed by atoms with Gasteiger partial charge in [-0.2, -0.15) is 25.3 Å². The third-order valence-electron chi connectivity index (χ3n) is 10.8. The van der Waals surface area contributed by atoms with Crippen LogP contribution in [0.25, 0.3) is 0 Å². The Morgan fingerprint density at radius 1 is 0.508 bits per heavy atom. The molecule has 0 amide bonds. The summed E-state index contributed by atoms with van der Waals surface area (Å²) in [5.74, 6) is -0.674. The Hall–Kier alpha value is -4.57. The van der Waals surface area contributed by atoms with E-state index in [0.717, 1.165) is 59.3 Å². The molecule has 0 radical (unpaired) electrons. The Morgan fingerprint density at radius 2 is 0.881 bits per heavy atom. The standard InChI is InChI=1S/C45H54N2O9S3/c1-9-11-25-46(42-29(3)27-31(5)44(33(42)7)58(51,52)53)37-21-17-35(18-22-37)41(39-15-13-14-16-40(39)57(48,49)50)36-19-23-38(24-20-36)47(26-12-10-2)43-30(4)28-32(6)45(34(43)8)59(54,55)56/h13-24,27-28,41H,9-12,25-26H2,1-8H3,(H,48,49,50)(H,51,52,53)(H,54,55,56). The van der Waals surface area contributed by atoms with Gasteiger partial charge in [0.15, 0.2) is 0 Å². The van der Waals surface area contributed by atoms with E-state index in [0.29, 0.717) is 52.3 Å². The fourth-order valence-electron chi connectivity index (χ4n) is 8.51. The van der Waals surface area contributed by atoms with Gasteiger partial charge >= 0.3 is 0 Å². The van der Waals surface area contributed by atoms with E-state index in [1.807, 2.05) is 72.2 Å². The largest absolute Gasteiger partial charge is 0.341 e. The number of unbranched alkanes of at least 4 members (excludes halogenated alkanes) is 2. The third-order valence-corrected chi connectivity index (χ3v) is 14.0. The van der Waals surface area contributed by atoms with Crippen LogP contribution >= 0.6 is 0 Å². The minimum atomic E-state index is -4.64. The van der Waals surface area contributed by atoms with Crippen LogP contribution in [0.2, 0.25) is 0 Å². The second-order valence-corrected chi connectivity index (χ2v) is 19.3. The first-order valence-corrected chi connectivity index (χ1v) is 23.9. The van der Waals surface area contributed by atoms with Gasteiger partial charge < -0.3 is 9.80 Å². The molecule has 0 atom stereocenters. The second-order valence-electron chi connectivity index (χ2n) is 15.2. The molecule has 0 aliphatic carbocycles. The number of hydrogen-bond acceptors (Lipinski definition) is 8. The first-order valence-electron chi connectivity index (χ1n) is 19.6. The van der Waals surface area contributed by atoms with E-state index in [9.17, 15) is 38.9 Å². The van der Waals surface area contributed by atoms with Gasteiger partial charge in [-0.15, -0.1) is 0 Å². The van der Waals surface area contributed by atoms with Crippen molar-refractivity contribution in [1.82, 2.24) is 0 Å². The van der Waals surface area contributed by atoms with Crippen LogP contribution in [0.5, 0.6) is 0 Å². The summed E-state index contributed by atoms with van der Waals surface area (Å²) in [5, 5.41) is 0. The number of nitrogens with zero attached hydrogens (tertiary/aromatic N) is 2.